The van der Waals surface area contributed by atoms with E-state index in [-0.39, 0.29) is 5.75 Å². The number of aryl methyl sites for hydroxylation is 2. The molecule has 1 N–H and O–H groups in total. The number of hydrogen-bond donors (Lipinski definition) is 1. The van der Waals surface area contributed by atoms with E-state index in [0.29, 0.717) is 5.82 Å². The van der Waals surface area contributed by atoms with E-state index in [9.17, 15) is 5.11 Å². The van der Waals surface area contributed by atoms with Crippen LogP contribution in [0.3, 0.4) is 0 Å². The predicted molar refractivity (Wildman–Crippen MR) is 42.4 cm³/mol. The van der Waals surface area contributed by atoms with Gasteiger partial charge in [0.25, 0.3) is 0 Å². The number of hydrogen-bond acceptors (Lipinski definition) is 3. The SMILES string of the molecule is CCCc1nc(C)ncc1O. The second-order valence-electron chi connectivity index (χ2n) is 2.50. The molecule has 0 unspecified atom stereocenters. The molecular formula is C8H12N2O. The van der Waals surface area contributed by atoms with Gasteiger partial charge in [-0.2, -0.15) is 0 Å². The van der Waals surface area contributed by atoms with Crippen molar-refractivity contribution < 1.29 is 5.11 Å². The van der Waals surface area contributed by atoms with Crippen LogP contribution in [0.4, 0.5) is 0 Å². The monoisotopic (exact) mass is 152 g/mol. The maximum absolute atomic E-state index is 9.24. The van der Waals surface area contributed by atoms with Gasteiger partial charge in [0, 0.05) is 0 Å². The Kier molecular flexibility index (Phi) is 2.41. The molecular weight excluding hydrogens is 140 g/mol. The Bertz CT molecular complexity index is 248. The summed E-state index contributed by atoms with van der Waals surface area (Å²) in [5.74, 6) is 0.920. The first-order valence-electron chi connectivity index (χ1n) is 3.75. The largest absolute Gasteiger partial charge is 0.504 e. The van der Waals surface area contributed by atoms with Gasteiger partial charge in [0.05, 0.1) is 11.9 Å². The van der Waals surface area contributed by atoms with Crippen molar-refractivity contribution in [1.29, 1.82) is 0 Å². The van der Waals surface area contributed by atoms with Crippen LogP contribution in [0.2, 0.25) is 0 Å². The van der Waals surface area contributed by atoms with E-state index in [1.807, 2.05) is 6.92 Å². The second kappa shape index (κ2) is 3.32. The molecule has 0 aromatic carbocycles. The first kappa shape index (κ1) is 7.98. The molecule has 0 amide bonds. The maximum Gasteiger partial charge on any atom is 0.155 e. The van der Waals surface area contributed by atoms with Crippen LogP contribution < -0.4 is 0 Å². The Morgan fingerprint density at radius 2 is 2.27 bits per heavy atom. The van der Waals surface area contributed by atoms with Crippen molar-refractivity contribution in [1.82, 2.24) is 9.97 Å². The summed E-state index contributed by atoms with van der Waals surface area (Å²) >= 11 is 0. The first-order chi connectivity index (χ1) is 5.24. The van der Waals surface area contributed by atoms with Crippen LogP contribution in [0.25, 0.3) is 0 Å². The summed E-state index contributed by atoms with van der Waals surface area (Å²) in [4.78, 5) is 7.96. The third-order valence-electron chi connectivity index (χ3n) is 1.45. The van der Waals surface area contributed by atoms with E-state index in [0.717, 1.165) is 18.5 Å². The summed E-state index contributed by atoms with van der Waals surface area (Å²) in [5, 5.41) is 9.24. The Labute approximate surface area is 66.1 Å². The van der Waals surface area contributed by atoms with Crippen molar-refractivity contribution in [2.24, 2.45) is 0 Å². The number of aromatic nitrogens is 2. The molecule has 0 aliphatic rings. The zero-order valence-electron chi connectivity index (χ0n) is 6.83. The molecule has 1 heterocycles. The fraction of sp³-hybridized carbons (Fsp3) is 0.500. The standard InChI is InChI=1S/C8H12N2O/c1-3-4-7-8(11)5-9-6(2)10-7/h5,11H,3-4H2,1-2H3. The van der Waals surface area contributed by atoms with Gasteiger partial charge in [0.2, 0.25) is 0 Å². The minimum absolute atomic E-state index is 0.206. The van der Waals surface area contributed by atoms with Crippen molar-refractivity contribution in [2.45, 2.75) is 26.7 Å². The Hall–Kier alpha value is -1.12. The molecule has 0 radical (unpaired) electrons. The lowest BCUT2D eigenvalue weighted by molar-refractivity contribution is 0.459. The van der Waals surface area contributed by atoms with Crippen LogP contribution >= 0.6 is 0 Å². The Balaban J connectivity index is 2.93. The van der Waals surface area contributed by atoms with Gasteiger partial charge < -0.3 is 5.11 Å². The molecule has 0 aliphatic heterocycles. The van der Waals surface area contributed by atoms with E-state index in [2.05, 4.69) is 16.9 Å². The Morgan fingerprint density at radius 3 is 2.91 bits per heavy atom. The molecule has 0 saturated carbocycles. The fourth-order valence-electron chi connectivity index (χ4n) is 0.931. The van der Waals surface area contributed by atoms with Crippen molar-refractivity contribution in [2.75, 3.05) is 0 Å². The highest BCUT2D eigenvalue weighted by atomic mass is 16.3. The molecule has 0 atom stereocenters. The van der Waals surface area contributed by atoms with Crippen LogP contribution in [-0.2, 0) is 6.42 Å². The summed E-state index contributed by atoms with van der Waals surface area (Å²) in [5.41, 5.74) is 0.750. The smallest absolute Gasteiger partial charge is 0.155 e. The van der Waals surface area contributed by atoms with Crippen molar-refractivity contribution in [3.05, 3.63) is 17.7 Å². The van der Waals surface area contributed by atoms with E-state index in [1.165, 1.54) is 6.20 Å². The fourth-order valence-corrected chi connectivity index (χ4v) is 0.931. The summed E-state index contributed by atoms with van der Waals surface area (Å²) in [7, 11) is 0. The van der Waals surface area contributed by atoms with Crippen LogP contribution in [-0.4, -0.2) is 15.1 Å². The molecule has 0 spiro atoms. The third-order valence-corrected chi connectivity index (χ3v) is 1.45. The summed E-state index contributed by atoms with van der Waals surface area (Å²) < 4.78 is 0. The lowest BCUT2D eigenvalue weighted by Crippen LogP contribution is -1.94. The molecule has 0 bridgehead atoms. The average molecular weight is 152 g/mol. The summed E-state index contributed by atoms with van der Waals surface area (Å²) in [6, 6.07) is 0. The molecule has 3 heteroatoms. The van der Waals surface area contributed by atoms with Gasteiger partial charge in [-0.3, -0.25) is 0 Å². The van der Waals surface area contributed by atoms with Gasteiger partial charge in [-0.1, -0.05) is 13.3 Å². The van der Waals surface area contributed by atoms with Gasteiger partial charge >= 0.3 is 0 Å². The highest BCUT2D eigenvalue weighted by Crippen LogP contribution is 2.13. The van der Waals surface area contributed by atoms with Gasteiger partial charge in [-0.25, -0.2) is 9.97 Å². The van der Waals surface area contributed by atoms with Crippen LogP contribution in [0.5, 0.6) is 5.75 Å². The zero-order chi connectivity index (χ0) is 8.27. The molecule has 0 saturated heterocycles. The quantitative estimate of drug-likeness (QED) is 0.697. The molecule has 0 aliphatic carbocycles. The molecule has 3 nitrogen and oxygen atoms in total. The number of aromatic hydroxyl groups is 1. The molecule has 11 heavy (non-hydrogen) atoms. The minimum atomic E-state index is 0.206. The van der Waals surface area contributed by atoms with E-state index in [4.69, 9.17) is 0 Å². The minimum Gasteiger partial charge on any atom is -0.504 e. The van der Waals surface area contributed by atoms with Crippen molar-refractivity contribution in [3.63, 3.8) is 0 Å². The second-order valence-corrected chi connectivity index (χ2v) is 2.50. The number of nitrogens with zero attached hydrogens (tertiary/aromatic N) is 2. The predicted octanol–water partition coefficient (Wildman–Crippen LogP) is 1.44. The van der Waals surface area contributed by atoms with Gasteiger partial charge in [-0.15, -0.1) is 0 Å². The molecule has 1 rings (SSSR count). The Morgan fingerprint density at radius 1 is 1.55 bits per heavy atom. The topological polar surface area (TPSA) is 46.0 Å². The van der Waals surface area contributed by atoms with Crippen LogP contribution in [0, 0.1) is 6.92 Å². The molecule has 1 aromatic rings. The third kappa shape index (κ3) is 1.90. The van der Waals surface area contributed by atoms with E-state index < -0.39 is 0 Å². The highest BCUT2D eigenvalue weighted by Gasteiger charge is 2.01. The molecule has 0 fully saturated rings. The van der Waals surface area contributed by atoms with Crippen LogP contribution in [0.15, 0.2) is 6.20 Å². The van der Waals surface area contributed by atoms with Crippen molar-refractivity contribution >= 4 is 0 Å². The van der Waals surface area contributed by atoms with E-state index in [1.54, 1.807) is 0 Å². The summed E-state index contributed by atoms with van der Waals surface area (Å²) in [6.45, 7) is 3.87. The molecule has 1 aromatic heterocycles. The van der Waals surface area contributed by atoms with Crippen molar-refractivity contribution in [3.8, 4) is 5.75 Å². The number of rotatable bonds is 2. The first-order valence-corrected chi connectivity index (χ1v) is 3.75. The van der Waals surface area contributed by atoms with Gasteiger partial charge in [-0.05, 0) is 13.3 Å². The normalized spacial score (nSPS) is 10.0. The highest BCUT2D eigenvalue weighted by molar-refractivity contribution is 5.22. The van der Waals surface area contributed by atoms with Gasteiger partial charge in [0.1, 0.15) is 5.82 Å². The van der Waals surface area contributed by atoms with E-state index >= 15 is 0 Å². The van der Waals surface area contributed by atoms with Crippen LogP contribution in [0.1, 0.15) is 24.9 Å². The maximum atomic E-state index is 9.24. The van der Waals surface area contributed by atoms with Gasteiger partial charge in [0.15, 0.2) is 5.75 Å². The lowest BCUT2D eigenvalue weighted by Gasteiger charge is -2.00. The zero-order valence-corrected chi connectivity index (χ0v) is 6.83. The average Bonchev–Trinajstić information content (AvgIpc) is 1.98. The summed E-state index contributed by atoms with van der Waals surface area (Å²) in [6.07, 6.45) is 3.26. The lowest BCUT2D eigenvalue weighted by atomic mass is 10.2. The molecule has 60 valence electrons.